The van der Waals surface area contributed by atoms with Crippen molar-refractivity contribution < 1.29 is 14.4 Å². The SMILES string of the molecule is CCCN1C[C@@H](C(=O)Nc2ccc(C(N)=O)cc2)CC1=O. The summed E-state index contributed by atoms with van der Waals surface area (Å²) >= 11 is 0. The van der Waals surface area contributed by atoms with Crippen LogP contribution < -0.4 is 11.1 Å². The Bertz CT molecular complexity index is 554. The Morgan fingerprint density at radius 2 is 2.00 bits per heavy atom. The second-order valence-electron chi connectivity index (χ2n) is 5.17. The highest BCUT2D eigenvalue weighted by Crippen LogP contribution is 2.20. The number of hydrogen-bond donors (Lipinski definition) is 2. The predicted octanol–water partition coefficient (Wildman–Crippen LogP) is 0.982. The zero-order valence-corrected chi connectivity index (χ0v) is 12.0. The van der Waals surface area contributed by atoms with Gasteiger partial charge in [-0.3, -0.25) is 14.4 Å². The molecule has 3 N–H and O–H groups in total. The molecule has 0 unspecified atom stereocenters. The van der Waals surface area contributed by atoms with E-state index in [4.69, 9.17) is 5.73 Å². The van der Waals surface area contributed by atoms with Gasteiger partial charge in [0.05, 0.1) is 5.92 Å². The van der Waals surface area contributed by atoms with Gasteiger partial charge in [0.2, 0.25) is 17.7 Å². The van der Waals surface area contributed by atoms with E-state index in [1.165, 1.54) is 0 Å². The van der Waals surface area contributed by atoms with Crippen LogP contribution in [-0.4, -0.2) is 35.7 Å². The number of benzene rings is 1. The zero-order chi connectivity index (χ0) is 15.4. The van der Waals surface area contributed by atoms with Gasteiger partial charge in [-0.15, -0.1) is 0 Å². The van der Waals surface area contributed by atoms with Crippen molar-refractivity contribution in [1.82, 2.24) is 4.90 Å². The Morgan fingerprint density at radius 1 is 1.33 bits per heavy atom. The molecule has 1 fully saturated rings. The molecule has 0 bridgehead atoms. The summed E-state index contributed by atoms with van der Waals surface area (Å²) in [6.07, 6.45) is 1.14. The smallest absolute Gasteiger partial charge is 0.248 e. The average Bonchev–Trinajstić information content (AvgIpc) is 2.81. The highest BCUT2D eigenvalue weighted by Gasteiger charge is 2.33. The molecule has 1 aromatic carbocycles. The Kier molecular flexibility index (Phi) is 4.57. The topological polar surface area (TPSA) is 92.5 Å². The monoisotopic (exact) mass is 289 g/mol. The summed E-state index contributed by atoms with van der Waals surface area (Å²) in [5.41, 5.74) is 6.13. The van der Waals surface area contributed by atoms with Crippen LogP contribution >= 0.6 is 0 Å². The maximum atomic E-state index is 12.1. The Labute approximate surface area is 123 Å². The molecule has 1 aromatic rings. The summed E-state index contributed by atoms with van der Waals surface area (Å²) in [6.45, 7) is 3.16. The fraction of sp³-hybridized carbons (Fsp3) is 0.400. The molecule has 6 heteroatoms. The molecule has 0 radical (unpaired) electrons. The minimum atomic E-state index is -0.510. The second kappa shape index (κ2) is 6.39. The molecule has 0 aliphatic carbocycles. The third-order valence-electron chi connectivity index (χ3n) is 3.52. The van der Waals surface area contributed by atoms with Gasteiger partial charge >= 0.3 is 0 Å². The van der Waals surface area contributed by atoms with Crippen LogP contribution in [0.25, 0.3) is 0 Å². The van der Waals surface area contributed by atoms with Crippen molar-refractivity contribution in [2.75, 3.05) is 18.4 Å². The van der Waals surface area contributed by atoms with Gasteiger partial charge in [0.1, 0.15) is 0 Å². The third-order valence-corrected chi connectivity index (χ3v) is 3.52. The maximum Gasteiger partial charge on any atom is 0.248 e. The van der Waals surface area contributed by atoms with Crippen LogP contribution in [0.1, 0.15) is 30.1 Å². The molecule has 0 spiro atoms. The molecular weight excluding hydrogens is 270 g/mol. The van der Waals surface area contributed by atoms with Crippen LogP contribution in [0.5, 0.6) is 0 Å². The molecule has 1 heterocycles. The number of nitrogens with one attached hydrogen (secondary N) is 1. The lowest BCUT2D eigenvalue weighted by Gasteiger charge is -2.15. The van der Waals surface area contributed by atoms with Crippen molar-refractivity contribution in [3.8, 4) is 0 Å². The van der Waals surface area contributed by atoms with E-state index >= 15 is 0 Å². The minimum absolute atomic E-state index is 0.0288. The summed E-state index contributed by atoms with van der Waals surface area (Å²) in [5, 5.41) is 2.76. The molecule has 21 heavy (non-hydrogen) atoms. The highest BCUT2D eigenvalue weighted by atomic mass is 16.2. The summed E-state index contributed by atoms with van der Waals surface area (Å²) in [6, 6.07) is 6.36. The van der Waals surface area contributed by atoms with Crippen LogP contribution in [-0.2, 0) is 9.59 Å². The van der Waals surface area contributed by atoms with Gasteiger partial charge in [-0.25, -0.2) is 0 Å². The van der Waals surface area contributed by atoms with E-state index in [2.05, 4.69) is 5.32 Å². The number of rotatable bonds is 5. The summed E-state index contributed by atoms with van der Waals surface area (Å²) in [7, 11) is 0. The lowest BCUT2D eigenvalue weighted by Crippen LogP contribution is -2.28. The first kappa shape index (κ1) is 15.0. The van der Waals surface area contributed by atoms with E-state index in [1.54, 1.807) is 29.2 Å². The molecule has 2 rings (SSSR count). The van der Waals surface area contributed by atoms with Crippen molar-refractivity contribution in [3.63, 3.8) is 0 Å². The first-order valence-electron chi connectivity index (χ1n) is 6.99. The van der Waals surface area contributed by atoms with Crippen LogP contribution in [0.4, 0.5) is 5.69 Å². The van der Waals surface area contributed by atoms with Crippen molar-refractivity contribution in [1.29, 1.82) is 0 Å². The third kappa shape index (κ3) is 3.59. The van der Waals surface area contributed by atoms with E-state index < -0.39 is 5.91 Å². The molecule has 0 saturated carbocycles. The molecule has 6 nitrogen and oxygen atoms in total. The Balaban J connectivity index is 1.95. The van der Waals surface area contributed by atoms with Crippen LogP contribution in [0.2, 0.25) is 0 Å². The number of amides is 3. The number of carbonyl (C=O) groups excluding carboxylic acids is 3. The Hall–Kier alpha value is -2.37. The molecule has 1 aliphatic rings. The van der Waals surface area contributed by atoms with Gasteiger partial charge in [0, 0.05) is 30.8 Å². The fourth-order valence-electron chi connectivity index (χ4n) is 2.40. The van der Waals surface area contributed by atoms with Crippen molar-refractivity contribution in [2.45, 2.75) is 19.8 Å². The van der Waals surface area contributed by atoms with Crippen LogP contribution in [0.15, 0.2) is 24.3 Å². The normalized spacial score (nSPS) is 17.9. The van der Waals surface area contributed by atoms with Gasteiger partial charge in [0.25, 0.3) is 0 Å². The number of likely N-dealkylation sites (tertiary alicyclic amines) is 1. The van der Waals surface area contributed by atoms with Gasteiger partial charge < -0.3 is 16.0 Å². The number of nitrogens with two attached hydrogens (primary N) is 1. The first-order chi connectivity index (χ1) is 10.0. The molecule has 112 valence electrons. The lowest BCUT2D eigenvalue weighted by atomic mass is 10.1. The number of hydrogen-bond acceptors (Lipinski definition) is 3. The van der Waals surface area contributed by atoms with Gasteiger partial charge in [0.15, 0.2) is 0 Å². The fourth-order valence-corrected chi connectivity index (χ4v) is 2.40. The van der Waals surface area contributed by atoms with Crippen molar-refractivity contribution in [2.24, 2.45) is 11.7 Å². The van der Waals surface area contributed by atoms with Gasteiger partial charge in [-0.1, -0.05) is 6.92 Å². The standard InChI is InChI=1S/C15H19N3O3/c1-2-7-18-9-11(8-13(18)19)15(21)17-12-5-3-10(4-6-12)14(16)20/h3-6,11H,2,7-9H2,1H3,(H2,16,20)(H,17,21)/t11-/m0/s1. The maximum absolute atomic E-state index is 12.1. The predicted molar refractivity (Wildman–Crippen MR) is 78.6 cm³/mol. The lowest BCUT2D eigenvalue weighted by molar-refractivity contribution is -0.128. The van der Waals surface area contributed by atoms with Crippen LogP contribution in [0, 0.1) is 5.92 Å². The van der Waals surface area contributed by atoms with Gasteiger partial charge in [-0.2, -0.15) is 0 Å². The average molecular weight is 289 g/mol. The molecule has 1 atom stereocenters. The van der Waals surface area contributed by atoms with Crippen LogP contribution in [0.3, 0.4) is 0 Å². The summed E-state index contributed by atoms with van der Waals surface area (Å²) in [4.78, 5) is 36.6. The van der Waals surface area contributed by atoms with E-state index in [9.17, 15) is 14.4 Å². The zero-order valence-electron chi connectivity index (χ0n) is 12.0. The minimum Gasteiger partial charge on any atom is -0.366 e. The second-order valence-corrected chi connectivity index (χ2v) is 5.17. The van der Waals surface area contributed by atoms with Crippen molar-refractivity contribution in [3.05, 3.63) is 29.8 Å². The first-order valence-corrected chi connectivity index (χ1v) is 6.99. The molecular formula is C15H19N3O3. The molecule has 0 aromatic heterocycles. The number of nitrogens with zero attached hydrogens (tertiary/aromatic N) is 1. The molecule has 1 saturated heterocycles. The summed E-state index contributed by atoms with van der Waals surface area (Å²) < 4.78 is 0. The molecule has 1 aliphatic heterocycles. The number of anilines is 1. The molecule has 3 amide bonds. The van der Waals surface area contributed by atoms with E-state index in [1.807, 2.05) is 6.92 Å². The number of primary amides is 1. The summed E-state index contributed by atoms with van der Waals surface area (Å²) in [5.74, 6) is -0.973. The van der Waals surface area contributed by atoms with E-state index in [0.29, 0.717) is 24.3 Å². The van der Waals surface area contributed by atoms with Crippen molar-refractivity contribution >= 4 is 23.4 Å². The van der Waals surface area contributed by atoms with E-state index in [-0.39, 0.29) is 24.2 Å². The van der Waals surface area contributed by atoms with E-state index in [0.717, 1.165) is 6.42 Å². The highest BCUT2D eigenvalue weighted by molar-refractivity contribution is 5.98. The largest absolute Gasteiger partial charge is 0.366 e. The quantitative estimate of drug-likeness (QED) is 0.846. The van der Waals surface area contributed by atoms with Gasteiger partial charge in [-0.05, 0) is 30.7 Å². The number of carbonyl (C=O) groups is 3. The Morgan fingerprint density at radius 3 is 2.57 bits per heavy atom.